The Morgan fingerprint density at radius 3 is 2.67 bits per heavy atom. The first-order valence-electron chi connectivity index (χ1n) is 10.3. The maximum absolute atomic E-state index is 5.50. The van der Waals surface area contributed by atoms with Crippen LogP contribution in [0.3, 0.4) is 0 Å². The second kappa shape index (κ2) is 7.70. The summed E-state index contributed by atoms with van der Waals surface area (Å²) in [5, 5.41) is 5.73. The molecule has 1 aliphatic heterocycles. The monoisotopic (exact) mass is 406 g/mol. The van der Waals surface area contributed by atoms with Crippen LogP contribution in [0.2, 0.25) is 0 Å². The van der Waals surface area contributed by atoms with Gasteiger partial charge in [0.2, 0.25) is 0 Å². The van der Waals surface area contributed by atoms with Gasteiger partial charge < -0.3 is 14.0 Å². The summed E-state index contributed by atoms with van der Waals surface area (Å²) in [5.41, 5.74) is 5.08. The summed E-state index contributed by atoms with van der Waals surface area (Å²) in [6, 6.07) is 7.81. The third-order valence-corrected chi connectivity index (χ3v) is 6.04. The van der Waals surface area contributed by atoms with Crippen LogP contribution in [0.4, 0.5) is 0 Å². The molecular weight excluding hydrogens is 380 g/mol. The smallest absolute Gasteiger partial charge is 0.185 e. The van der Waals surface area contributed by atoms with Gasteiger partial charge in [-0.25, -0.2) is 14.5 Å². The van der Waals surface area contributed by atoms with Crippen LogP contribution in [0.5, 0.6) is 5.75 Å². The van der Waals surface area contributed by atoms with Crippen LogP contribution in [0.25, 0.3) is 28.1 Å². The number of ether oxygens (including phenoxy) is 2. The van der Waals surface area contributed by atoms with Gasteiger partial charge in [-0.1, -0.05) is 12.1 Å². The first-order chi connectivity index (χ1) is 14.7. The Bertz CT molecular complexity index is 1210. The Morgan fingerprint density at radius 1 is 1.07 bits per heavy atom. The highest BCUT2D eigenvalue weighted by Crippen LogP contribution is 2.31. The van der Waals surface area contributed by atoms with Gasteiger partial charge in [0, 0.05) is 31.9 Å². The molecule has 5 rings (SSSR count). The van der Waals surface area contributed by atoms with E-state index in [4.69, 9.17) is 19.4 Å². The van der Waals surface area contributed by atoms with Crippen LogP contribution in [0, 0.1) is 13.8 Å². The van der Waals surface area contributed by atoms with Gasteiger partial charge in [0.25, 0.3) is 0 Å². The molecule has 3 aromatic heterocycles. The number of nitrogens with zero attached hydrogens (tertiary/aromatic N) is 6. The minimum absolute atomic E-state index is 0.639. The SMILES string of the molecule is COc1ccccc1-c1nc2c3c(C)c(C)n(CCN4CCOCC4)c3ncn2n1. The molecule has 4 aromatic rings. The fourth-order valence-electron chi connectivity index (χ4n) is 4.21. The third kappa shape index (κ3) is 3.12. The Morgan fingerprint density at radius 2 is 1.87 bits per heavy atom. The molecular formula is C22H26N6O2. The van der Waals surface area contributed by atoms with E-state index < -0.39 is 0 Å². The average Bonchev–Trinajstić information content (AvgIpc) is 3.32. The van der Waals surface area contributed by atoms with E-state index in [0.717, 1.165) is 67.4 Å². The van der Waals surface area contributed by atoms with E-state index in [0.29, 0.717) is 5.82 Å². The van der Waals surface area contributed by atoms with E-state index in [-0.39, 0.29) is 0 Å². The van der Waals surface area contributed by atoms with E-state index in [1.807, 2.05) is 24.3 Å². The summed E-state index contributed by atoms with van der Waals surface area (Å²) in [7, 11) is 1.66. The van der Waals surface area contributed by atoms with E-state index in [1.54, 1.807) is 18.0 Å². The lowest BCUT2D eigenvalue weighted by molar-refractivity contribution is 0.0364. The molecule has 8 heteroatoms. The van der Waals surface area contributed by atoms with E-state index >= 15 is 0 Å². The molecule has 1 saturated heterocycles. The highest BCUT2D eigenvalue weighted by molar-refractivity contribution is 5.94. The fourth-order valence-corrected chi connectivity index (χ4v) is 4.21. The van der Waals surface area contributed by atoms with Gasteiger partial charge in [-0.3, -0.25) is 4.90 Å². The molecule has 1 aliphatic rings. The molecule has 0 N–H and O–H groups in total. The number of morpholine rings is 1. The fraction of sp³-hybridized carbons (Fsp3) is 0.409. The number of rotatable bonds is 5. The number of methoxy groups -OCH3 is 1. The third-order valence-electron chi connectivity index (χ3n) is 6.04. The summed E-state index contributed by atoms with van der Waals surface area (Å²) >= 11 is 0. The topological polar surface area (TPSA) is 69.7 Å². The Kier molecular flexibility index (Phi) is 4.88. The van der Waals surface area contributed by atoms with Crippen molar-refractivity contribution < 1.29 is 9.47 Å². The molecule has 0 bridgehead atoms. The molecule has 1 fully saturated rings. The molecule has 0 spiro atoms. The second-order valence-electron chi connectivity index (χ2n) is 7.66. The van der Waals surface area contributed by atoms with Crippen molar-refractivity contribution in [1.82, 2.24) is 29.0 Å². The first-order valence-corrected chi connectivity index (χ1v) is 10.3. The number of para-hydroxylation sites is 1. The molecule has 0 aliphatic carbocycles. The first kappa shape index (κ1) is 19.0. The number of aromatic nitrogens is 5. The van der Waals surface area contributed by atoms with E-state index in [2.05, 4.69) is 28.4 Å². The van der Waals surface area contributed by atoms with Crippen LogP contribution in [0.1, 0.15) is 11.3 Å². The number of hydrogen-bond acceptors (Lipinski definition) is 6. The quantitative estimate of drug-likeness (QED) is 0.508. The van der Waals surface area contributed by atoms with Crippen LogP contribution in [0.15, 0.2) is 30.6 Å². The average molecular weight is 406 g/mol. The zero-order valence-corrected chi connectivity index (χ0v) is 17.6. The largest absolute Gasteiger partial charge is 0.496 e. The zero-order chi connectivity index (χ0) is 20.7. The second-order valence-corrected chi connectivity index (χ2v) is 7.66. The van der Waals surface area contributed by atoms with Crippen molar-refractivity contribution in [2.24, 2.45) is 0 Å². The molecule has 0 saturated carbocycles. The van der Waals surface area contributed by atoms with E-state index in [9.17, 15) is 0 Å². The predicted octanol–water partition coefficient (Wildman–Crippen LogP) is 2.70. The number of fused-ring (bicyclic) bond motifs is 3. The highest BCUT2D eigenvalue weighted by atomic mass is 16.5. The normalized spacial score (nSPS) is 15.3. The van der Waals surface area contributed by atoms with Crippen LogP contribution in [-0.4, -0.2) is 69.0 Å². The molecule has 4 heterocycles. The Balaban J connectivity index is 1.57. The predicted molar refractivity (Wildman–Crippen MR) is 115 cm³/mol. The van der Waals surface area contributed by atoms with Gasteiger partial charge in [0.15, 0.2) is 11.5 Å². The maximum Gasteiger partial charge on any atom is 0.185 e. The van der Waals surface area contributed by atoms with Crippen LogP contribution < -0.4 is 4.74 Å². The summed E-state index contributed by atoms with van der Waals surface area (Å²) in [6.07, 6.45) is 1.76. The van der Waals surface area contributed by atoms with E-state index in [1.165, 1.54) is 11.3 Å². The van der Waals surface area contributed by atoms with Gasteiger partial charge in [0.05, 0.1) is 31.3 Å². The van der Waals surface area contributed by atoms with Gasteiger partial charge >= 0.3 is 0 Å². The van der Waals surface area contributed by atoms with Crippen molar-refractivity contribution >= 4 is 16.7 Å². The minimum atomic E-state index is 0.639. The molecule has 0 unspecified atom stereocenters. The number of benzene rings is 1. The molecule has 8 nitrogen and oxygen atoms in total. The van der Waals surface area contributed by atoms with Gasteiger partial charge in [-0.15, -0.1) is 5.10 Å². The van der Waals surface area contributed by atoms with Crippen molar-refractivity contribution in [2.75, 3.05) is 40.0 Å². The minimum Gasteiger partial charge on any atom is -0.496 e. The van der Waals surface area contributed by atoms with Crippen molar-refractivity contribution in [1.29, 1.82) is 0 Å². The van der Waals surface area contributed by atoms with Crippen LogP contribution in [-0.2, 0) is 11.3 Å². The van der Waals surface area contributed by atoms with Crippen molar-refractivity contribution in [3.8, 4) is 17.1 Å². The zero-order valence-electron chi connectivity index (χ0n) is 17.6. The van der Waals surface area contributed by atoms with Gasteiger partial charge in [-0.05, 0) is 31.5 Å². The lowest BCUT2D eigenvalue weighted by Crippen LogP contribution is -2.38. The lowest BCUT2D eigenvalue weighted by Gasteiger charge is -2.26. The molecule has 0 atom stereocenters. The Labute approximate surface area is 175 Å². The summed E-state index contributed by atoms with van der Waals surface area (Å²) in [4.78, 5) is 12.1. The summed E-state index contributed by atoms with van der Waals surface area (Å²) < 4.78 is 15.0. The highest BCUT2D eigenvalue weighted by Gasteiger charge is 2.20. The van der Waals surface area contributed by atoms with Gasteiger partial charge in [0.1, 0.15) is 17.7 Å². The maximum atomic E-state index is 5.50. The Hall–Kier alpha value is -2.97. The summed E-state index contributed by atoms with van der Waals surface area (Å²) in [5.74, 6) is 1.40. The van der Waals surface area contributed by atoms with Crippen LogP contribution >= 0.6 is 0 Å². The van der Waals surface area contributed by atoms with Crippen molar-refractivity contribution in [3.05, 3.63) is 41.9 Å². The summed E-state index contributed by atoms with van der Waals surface area (Å²) in [6.45, 7) is 9.78. The van der Waals surface area contributed by atoms with Gasteiger partial charge in [-0.2, -0.15) is 0 Å². The molecule has 0 amide bonds. The molecule has 30 heavy (non-hydrogen) atoms. The number of hydrogen-bond donors (Lipinski definition) is 0. The van der Waals surface area contributed by atoms with Crippen molar-refractivity contribution in [2.45, 2.75) is 20.4 Å². The lowest BCUT2D eigenvalue weighted by atomic mass is 10.2. The standard InChI is InChI=1S/C22H26N6O2/c1-15-16(2)27(9-8-26-10-12-30-13-11-26)21-19(15)22-24-20(25-28(22)14-23-21)17-6-4-5-7-18(17)29-3/h4-7,14H,8-13H2,1-3H3. The molecule has 1 aromatic carbocycles. The number of aryl methyl sites for hydroxylation is 1. The molecule has 156 valence electrons. The molecule has 0 radical (unpaired) electrons. The van der Waals surface area contributed by atoms with Crippen molar-refractivity contribution in [3.63, 3.8) is 0 Å².